The van der Waals surface area contributed by atoms with E-state index in [2.05, 4.69) is 37.6 Å². The highest BCUT2D eigenvalue weighted by Gasteiger charge is 2.15. The van der Waals surface area contributed by atoms with Gasteiger partial charge in [-0.2, -0.15) is 0 Å². The van der Waals surface area contributed by atoms with Crippen LogP contribution >= 0.6 is 0 Å². The van der Waals surface area contributed by atoms with Gasteiger partial charge in [-0.3, -0.25) is 4.90 Å². The SMILES string of the molecule is C=C(CN1CCNCC1)CC(C)(C)C. The van der Waals surface area contributed by atoms with E-state index in [0.29, 0.717) is 5.41 Å². The second-order valence-corrected chi connectivity index (χ2v) is 5.51. The molecule has 0 radical (unpaired) electrons. The quantitative estimate of drug-likeness (QED) is 0.693. The molecule has 0 aromatic rings. The van der Waals surface area contributed by atoms with E-state index in [1.807, 2.05) is 0 Å². The van der Waals surface area contributed by atoms with E-state index in [-0.39, 0.29) is 0 Å². The largest absolute Gasteiger partial charge is 0.314 e. The Morgan fingerprint density at radius 1 is 1.29 bits per heavy atom. The Labute approximate surface area is 88.4 Å². The average molecular weight is 196 g/mol. The van der Waals surface area contributed by atoms with Crippen LogP contribution in [0.15, 0.2) is 12.2 Å². The molecule has 1 aliphatic rings. The normalized spacial score (nSPS) is 19.6. The van der Waals surface area contributed by atoms with Crippen LogP contribution in [0.25, 0.3) is 0 Å². The van der Waals surface area contributed by atoms with Gasteiger partial charge in [-0.1, -0.05) is 32.9 Å². The Morgan fingerprint density at radius 2 is 1.86 bits per heavy atom. The summed E-state index contributed by atoms with van der Waals surface area (Å²) in [6.45, 7) is 16.7. The summed E-state index contributed by atoms with van der Waals surface area (Å²) in [5.41, 5.74) is 1.75. The summed E-state index contributed by atoms with van der Waals surface area (Å²) in [4.78, 5) is 2.49. The van der Waals surface area contributed by atoms with E-state index < -0.39 is 0 Å². The van der Waals surface area contributed by atoms with Gasteiger partial charge in [0.15, 0.2) is 0 Å². The predicted octanol–water partition coefficient (Wildman–Crippen LogP) is 1.88. The van der Waals surface area contributed by atoms with E-state index in [9.17, 15) is 0 Å². The maximum Gasteiger partial charge on any atom is 0.0191 e. The zero-order chi connectivity index (χ0) is 10.6. The van der Waals surface area contributed by atoms with Crippen molar-refractivity contribution < 1.29 is 0 Å². The van der Waals surface area contributed by atoms with Gasteiger partial charge >= 0.3 is 0 Å². The van der Waals surface area contributed by atoms with Crippen LogP contribution in [0.3, 0.4) is 0 Å². The Morgan fingerprint density at radius 3 is 2.36 bits per heavy atom. The van der Waals surface area contributed by atoms with Crippen molar-refractivity contribution in [3.63, 3.8) is 0 Å². The second-order valence-electron chi connectivity index (χ2n) is 5.51. The first-order chi connectivity index (χ1) is 6.47. The van der Waals surface area contributed by atoms with Crippen LogP contribution in [0.1, 0.15) is 27.2 Å². The molecule has 0 aromatic carbocycles. The molecule has 1 fully saturated rings. The summed E-state index contributed by atoms with van der Waals surface area (Å²) in [5.74, 6) is 0. The summed E-state index contributed by atoms with van der Waals surface area (Å²) in [5, 5.41) is 3.36. The van der Waals surface area contributed by atoms with Crippen molar-refractivity contribution in [3.8, 4) is 0 Å². The Hall–Kier alpha value is -0.340. The van der Waals surface area contributed by atoms with Crippen LogP contribution in [-0.2, 0) is 0 Å². The van der Waals surface area contributed by atoms with Crippen LogP contribution in [-0.4, -0.2) is 37.6 Å². The molecule has 0 aromatic heterocycles. The molecule has 0 atom stereocenters. The minimum atomic E-state index is 0.380. The molecule has 0 spiro atoms. The lowest BCUT2D eigenvalue weighted by molar-refractivity contribution is 0.251. The third-order valence-corrected chi connectivity index (χ3v) is 2.44. The van der Waals surface area contributed by atoms with E-state index in [1.165, 1.54) is 18.7 Å². The van der Waals surface area contributed by atoms with Crippen LogP contribution in [0.4, 0.5) is 0 Å². The van der Waals surface area contributed by atoms with Crippen molar-refractivity contribution in [2.24, 2.45) is 5.41 Å². The molecule has 0 bridgehead atoms. The highest BCUT2D eigenvalue weighted by Crippen LogP contribution is 2.23. The minimum Gasteiger partial charge on any atom is -0.314 e. The first kappa shape index (κ1) is 11.7. The van der Waals surface area contributed by atoms with E-state index in [1.54, 1.807) is 0 Å². The minimum absolute atomic E-state index is 0.380. The van der Waals surface area contributed by atoms with Crippen molar-refractivity contribution >= 4 is 0 Å². The lowest BCUT2D eigenvalue weighted by Gasteiger charge is -2.29. The first-order valence-corrected chi connectivity index (χ1v) is 5.57. The monoisotopic (exact) mass is 196 g/mol. The zero-order valence-electron chi connectivity index (χ0n) is 9.90. The van der Waals surface area contributed by atoms with Crippen molar-refractivity contribution in [3.05, 3.63) is 12.2 Å². The van der Waals surface area contributed by atoms with Crippen molar-refractivity contribution in [2.75, 3.05) is 32.7 Å². The fraction of sp³-hybridized carbons (Fsp3) is 0.833. The molecule has 2 heteroatoms. The van der Waals surface area contributed by atoms with Gasteiger partial charge < -0.3 is 5.32 Å². The summed E-state index contributed by atoms with van der Waals surface area (Å²) in [6.07, 6.45) is 1.14. The van der Waals surface area contributed by atoms with Gasteiger partial charge in [-0.15, -0.1) is 0 Å². The fourth-order valence-electron chi connectivity index (χ4n) is 1.99. The first-order valence-electron chi connectivity index (χ1n) is 5.57. The summed E-state index contributed by atoms with van der Waals surface area (Å²) in [6, 6.07) is 0. The third kappa shape index (κ3) is 4.77. The molecule has 1 saturated heterocycles. The Kier molecular flexibility index (Phi) is 4.14. The van der Waals surface area contributed by atoms with Crippen LogP contribution in [0.2, 0.25) is 0 Å². The Bertz CT molecular complexity index is 185. The molecule has 0 unspecified atom stereocenters. The Balaban J connectivity index is 2.25. The molecule has 0 amide bonds. The molecule has 0 saturated carbocycles. The molecule has 1 N–H and O–H groups in total. The molecule has 1 heterocycles. The molecule has 2 nitrogen and oxygen atoms in total. The number of hydrogen-bond donors (Lipinski definition) is 1. The van der Waals surface area contributed by atoms with Crippen molar-refractivity contribution in [2.45, 2.75) is 27.2 Å². The van der Waals surface area contributed by atoms with Gasteiger partial charge in [0, 0.05) is 32.7 Å². The van der Waals surface area contributed by atoms with Gasteiger partial charge in [0.25, 0.3) is 0 Å². The van der Waals surface area contributed by atoms with Gasteiger partial charge in [-0.25, -0.2) is 0 Å². The predicted molar refractivity (Wildman–Crippen MR) is 62.5 cm³/mol. The molecule has 0 aliphatic carbocycles. The second kappa shape index (κ2) is 4.94. The molecular formula is C12H24N2. The molecule has 82 valence electrons. The molecule has 1 rings (SSSR count). The van der Waals surface area contributed by atoms with E-state index in [0.717, 1.165) is 26.1 Å². The van der Waals surface area contributed by atoms with Crippen LogP contribution in [0, 0.1) is 5.41 Å². The number of nitrogens with one attached hydrogen (secondary N) is 1. The lowest BCUT2D eigenvalue weighted by Crippen LogP contribution is -2.44. The molecule has 14 heavy (non-hydrogen) atoms. The smallest absolute Gasteiger partial charge is 0.0191 e. The van der Waals surface area contributed by atoms with Crippen molar-refractivity contribution in [1.82, 2.24) is 10.2 Å². The third-order valence-electron chi connectivity index (χ3n) is 2.44. The summed E-state index contributed by atoms with van der Waals surface area (Å²) < 4.78 is 0. The maximum atomic E-state index is 4.17. The van der Waals surface area contributed by atoms with Crippen molar-refractivity contribution in [1.29, 1.82) is 0 Å². The van der Waals surface area contributed by atoms with E-state index in [4.69, 9.17) is 0 Å². The number of hydrogen-bond acceptors (Lipinski definition) is 2. The summed E-state index contributed by atoms with van der Waals surface area (Å²) in [7, 11) is 0. The highest BCUT2D eigenvalue weighted by molar-refractivity contribution is 5.00. The van der Waals surface area contributed by atoms with Crippen LogP contribution in [0.5, 0.6) is 0 Å². The van der Waals surface area contributed by atoms with Gasteiger partial charge in [0.05, 0.1) is 0 Å². The molecule has 1 aliphatic heterocycles. The molecular weight excluding hydrogens is 172 g/mol. The number of nitrogens with zero attached hydrogens (tertiary/aromatic N) is 1. The lowest BCUT2D eigenvalue weighted by atomic mass is 9.88. The number of piperazine rings is 1. The fourth-order valence-corrected chi connectivity index (χ4v) is 1.99. The highest BCUT2D eigenvalue weighted by atomic mass is 15.2. The standard InChI is InChI=1S/C12H24N2/c1-11(9-12(2,3)4)10-14-7-5-13-6-8-14/h13H,1,5-10H2,2-4H3. The topological polar surface area (TPSA) is 15.3 Å². The zero-order valence-corrected chi connectivity index (χ0v) is 9.90. The van der Waals surface area contributed by atoms with Gasteiger partial charge in [0.2, 0.25) is 0 Å². The van der Waals surface area contributed by atoms with Gasteiger partial charge in [-0.05, 0) is 11.8 Å². The maximum absolute atomic E-state index is 4.17. The van der Waals surface area contributed by atoms with Crippen LogP contribution < -0.4 is 5.32 Å². The number of rotatable bonds is 3. The van der Waals surface area contributed by atoms with Gasteiger partial charge in [0.1, 0.15) is 0 Å². The van der Waals surface area contributed by atoms with E-state index >= 15 is 0 Å². The average Bonchev–Trinajstić information content (AvgIpc) is 2.02. The summed E-state index contributed by atoms with van der Waals surface area (Å²) >= 11 is 0.